The summed E-state index contributed by atoms with van der Waals surface area (Å²) in [5.41, 5.74) is -4.34. The van der Waals surface area contributed by atoms with E-state index < -0.39 is 30.1 Å². The molecule has 0 aromatic rings. The molecule has 0 aromatic heterocycles. The Hall–Kier alpha value is -1.15. The largest absolute Gasteiger partial charge is 0.446 e. The molecule has 1 aliphatic rings. The Balaban J connectivity index is 2.74. The smallest absolute Gasteiger partial charge is 0.420 e. The van der Waals surface area contributed by atoms with Crippen LogP contribution in [0.5, 0.6) is 0 Å². The molecular formula is C13H19F6NO2. The maximum Gasteiger partial charge on any atom is 0.420 e. The lowest BCUT2D eigenvalue weighted by atomic mass is 9.80. The number of ether oxygens (including phenoxy) is 1. The van der Waals surface area contributed by atoms with Crippen LogP contribution in [0.4, 0.5) is 31.1 Å². The van der Waals surface area contributed by atoms with Crippen LogP contribution in [0.15, 0.2) is 0 Å². The third kappa shape index (κ3) is 3.98. The summed E-state index contributed by atoms with van der Waals surface area (Å²) in [5.74, 6) is 0.557. The van der Waals surface area contributed by atoms with E-state index in [0.717, 1.165) is 5.32 Å². The molecule has 9 heteroatoms. The van der Waals surface area contributed by atoms with Crippen molar-refractivity contribution in [3.8, 4) is 0 Å². The van der Waals surface area contributed by atoms with E-state index in [1.807, 2.05) is 13.8 Å². The predicted molar refractivity (Wildman–Crippen MR) is 66.1 cm³/mol. The van der Waals surface area contributed by atoms with E-state index in [1.165, 1.54) is 0 Å². The molecule has 0 saturated heterocycles. The SMILES string of the molecule is C[C@@H]1CC[C@@H](OC(=O)NC(C)(C(F)(F)F)C(F)(F)F)C[C@H]1C. The summed E-state index contributed by atoms with van der Waals surface area (Å²) in [7, 11) is 0. The minimum Gasteiger partial charge on any atom is -0.446 e. The number of carbonyl (C=O) groups excluding carboxylic acids is 1. The van der Waals surface area contributed by atoms with E-state index in [4.69, 9.17) is 4.74 Å². The van der Waals surface area contributed by atoms with E-state index in [1.54, 1.807) is 0 Å². The van der Waals surface area contributed by atoms with Gasteiger partial charge in [0.25, 0.3) is 0 Å². The van der Waals surface area contributed by atoms with Gasteiger partial charge in [-0.1, -0.05) is 13.8 Å². The van der Waals surface area contributed by atoms with Gasteiger partial charge in [-0.15, -0.1) is 0 Å². The number of amides is 1. The van der Waals surface area contributed by atoms with Crippen LogP contribution in [0.25, 0.3) is 0 Å². The molecule has 0 heterocycles. The minimum absolute atomic E-state index is 0.125. The van der Waals surface area contributed by atoms with Gasteiger partial charge in [0.1, 0.15) is 6.10 Å². The van der Waals surface area contributed by atoms with Crippen molar-refractivity contribution in [2.75, 3.05) is 0 Å². The zero-order valence-corrected chi connectivity index (χ0v) is 12.4. The van der Waals surface area contributed by atoms with Gasteiger partial charge in [-0.2, -0.15) is 26.3 Å². The second kappa shape index (κ2) is 6.16. The normalized spacial score (nSPS) is 27.4. The first kappa shape index (κ1) is 18.9. The fourth-order valence-corrected chi connectivity index (χ4v) is 2.29. The lowest BCUT2D eigenvalue weighted by Gasteiger charge is -2.36. The molecule has 0 aromatic carbocycles. The topological polar surface area (TPSA) is 38.3 Å². The van der Waals surface area contributed by atoms with Crippen LogP contribution in [0, 0.1) is 11.8 Å². The highest BCUT2D eigenvalue weighted by molar-refractivity contribution is 5.68. The first-order valence-electron chi connectivity index (χ1n) is 6.90. The van der Waals surface area contributed by atoms with Crippen molar-refractivity contribution < 1.29 is 35.9 Å². The van der Waals surface area contributed by atoms with Crippen molar-refractivity contribution >= 4 is 6.09 Å². The van der Waals surface area contributed by atoms with Crippen molar-refractivity contribution in [3.05, 3.63) is 0 Å². The Morgan fingerprint density at radius 1 is 1.00 bits per heavy atom. The predicted octanol–water partition coefficient (Wildman–Crippen LogP) is 4.42. The van der Waals surface area contributed by atoms with Crippen molar-refractivity contribution in [3.63, 3.8) is 0 Å². The Morgan fingerprint density at radius 2 is 1.50 bits per heavy atom. The van der Waals surface area contributed by atoms with E-state index >= 15 is 0 Å². The Kier molecular flexibility index (Phi) is 5.29. The molecule has 130 valence electrons. The van der Waals surface area contributed by atoms with Gasteiger partial charge in [-0.25, -0.2) is 4.79 Å². The van der Waals surface area contributed by atoms with Gasteiger partial charge in [0.2, 0.25) is 5.54 Å². The lowest BCUT2D eigenvalue weighted by molar-refractivity contribution is -0.299. The molecule has 0 radical (unpaired) electrons. The molecule has 1 N–H and O–H groups in total. The van der Waals surface area contributed by atoms with Gasteiger partial charge in [-0.05, 0) is 38.0 Å². The fraction of sp³-hybridized carbons (Fsp3) is 0.923. The maximum absolute atomic E-state index is 12.7. The number of hydrogen-bond acceptors (Lipinski definition) is 2. The number of alkyl halides is 6. The van der Waals surface area contributed by atoms with Crippen LogP contribution in [0.2, 0.25) is 0 Å². The number of carbonyl (C=O) groups is 1. The average Bonchev–Trinajstić information content (AvgIpc) is 2.30. The van der Waals surface area contributed by atoms with Crippen molar-refractivity contribution in [2.24, 2.45) is 11.8 Å². The molecule has 22 heavy (non-hydrogen) atoms. The van der Waals surface area contributed by atoms with Gasteiger partial charge in [0.15, 0.2) is 0 Å². The van der Waals surface area contributed by atoms with E-state index in [-0.39, 0.29) is 12.8 Å². The van der Waals surface area contributed by atoms with Crippen molar-refractivity contribution in [2.45, 2.75) is 64.0 Å². The monoisotopic (exact) mass is 335 g/mol. The van der Waals surface area contributed by atoms with Crippen LogP contribution in [-0.2, 0) is 4.74 Å². The number of alkyl carbamates (subject to hydrolysis) is 1. The van der Waals surface area contributed by atoms with Crippen LogP contribution >= 0.6 is 0 Å². The quantitative estimate of drug-likeness (QED) is 0.759. The standard InChI is InChI=1S/C13H19F6NO2/c1-7-4-5-9(6-8(7)2)22-10(21)20-11(3,12(14,15)16)13(17,18)19/h7-9H,4-6H2,1-3H3,(H,20,21)/t7-,8-,9-/m1/s1. The first-order chi connectivity index (χ1) is 9.78. The molecule has 0 aliphatic heterocycles. The molecule has 0 spiro atoms. The highest BCUT2D eigenvalue weighted by atomic mass is 19.4. The molecule has 0 bridgehead atoms. The Morgan fingerprint density at radius 3 is 1.91 bits per heavy atom. The van der Waals surface area contributed by atoms with Gasteiger partial charge >= 0.3 is 18.4 Å². The molecule has 0 unspecified atom stereocenters. The van der Waals surface area contributed by atoms with E-state index in [0.29, 0.717) is 25.2 Å². The molecule has 3 atom stereocenters. The maximum atomic E-state index is 12.7. The molecule has 1 fully saturated rings. The molecular weight excluding hydrogens is 316 g/mol. The summed E-state index contributed by atoms with van der Waals surface area (Å²) in [6, 6.07) is 0. The number of rotatable bonds is 2. The van der Waals surface area contributed by atoms with Crippen molar-refractivity contribution in [1.29, 1.82) is 0 Å². The van der Waals surface area contributed by atoms with Gasteiger partial charge in [0.05, 0.1) is 0 Å². The summed E-state index contributed by atoms with van der Waals surface area (Å²) in [6.07, 6.45) is -12.2. The molecule has 1 saturated carbocycles. The van der Waals surface area contributed by atoms with Crippen molar-refractivity contribution in [1.82, 2.24) is 5.32 Å². The highest BCUT2D eigenvalue weighted by Crippen LogP contribution is 2.42. The minimum atomic E-state index is -5.68. The molecule has 3 nitrogen and oxygen atoms in total. The third-order valence-electron chi connectivity index (χ3n) is 4.31. The second-order valence-electron chi connectivity index (χ2n) is 6.04. The van der Waals surface area contributed by atoms with Crippen LogP contribution in [0.3, 0.4) is 0 Å². The Bertz CT molecular complexity index is 392. The summed E-state index contributed by atoms with van der Waals surface area (Å²) in [6.45, 7) is 3.76. The number of halogens is 6. The van der Waals surface area contributed by atoms with Gasteiger partial charge in [-0.3, -0.25) is 5.32 Å². The summed E-state index contributed by atoms with van der Waals surface area (Å²) >= 11 is 0. The average molecular weight is 335 g/mol. The first-order valence-corrected chi connectivity index (χ1v) is 6.90. The molecule has 1 amide bonds. The van der Waals surface area contributed by atoms with Crippen LogP contribution < -0.4 is 5.32 Å². The summed E-state index contributed by atoms with van der Waals surface area (Å²) in [5, 5.41) is 0.935. The van der Waals surface area contributed by atoms with E-state index in [2.05, 4.69) is 0 Å². The second-order valence-corrected chi connectivity index (χ2v) is 6.04. The molecule has 1 aliphatic carbocycles. The highest BCUT2D eigenvalue weighted by Gasteiger charge is 2.69. The van der Waals surface area contributed by atoms with Crippen LogP contribution in [-0.4, -0.2) is 30.1 Å². The summed E-state index contributed by atoms with van der Waals surface area (Å²) < 4.78 is 80.7. The van der Waals surface area contributed by atoms with Crippen LogP contribution in [0.1, 0.15) is 40.0 Å². The van der Waals surface area contributed by atoms with Gasteiger partial charge < -0.3 is 4.74 Å². The Labute approximate surface area is 124 Å². The van der Waals surface area contributed by atoms with Gasteiger partial charge in [0, 0.05) is 0 Å². The summed E-state index contributed by atoms with van der Waals surface area (Å²) in [4.78, 5) is 11.5. The number of nitrogens with one attached hydrogen (secondary N) is 1. The van der Waals surface area contributed by atoms with E-state index in [9.17, 15) is 31.1 Å². The fourth-order valence-electron chi connectivity index (χ4n) is 2.29. The zero-order valence-electron chi connectivity index (χ0n) is 12.4. The third-order valence-corrected chi connectivity index (χ3v) is 4.31. The zero-order chi connectivity index (χ0) is 17.3. The number of hydrogen-bond donors (Lipinski definition) is 1. The lowest BCUT2D eigenvalue weighted by Crippen LogP contribution is -2.65. The molecule has 1 rings (SSSR count).